The average Bonchev–Trinajstić information content (AvgIpc) is 2.16. The van der Waals surface area contributed by atoms with E-state index in [9.17, 15) is 0 Å². The first-order valence-electron chi connectivity index (χ1n) is 3.65. The molecular weight excluding hydrogens is 156 g/mol. The lowest BCUT2D eigenvalue weighted by atomic mass is 10.1. The van der Waals surface area contributed by atoms with Gasteiger partial charge in [-0.25, -0.2) is 4.98 Å². The van der Waals surface area contributed by atoms with Crippen LogP contribution in [0, 0.1) is 0 Å². The van der Waals surface area contributed by atoms with Gasteiger partial charge in [0.25, 0.3) is 0 Å². The highest BCUT2D eigenvalue weighted by Gasteiger charge is 2.10. The number of aliphatic hydroxyl groups excluding tert-OH is 1. The van der Waals surface area contributed by atoms with Crippen molar-refractivity contribution in [2.45, 2.75) is 6.04 Å². The van der Waals surface area contributed by atoms with E-state index < -0.39 is 6.04 Å². The number of aromatic nitrogens is 1. The van der Waals surface area contributed by atoms with Crippen LogP contribution >= 0.6 is 0 Å². The average molecular weight is 168 g/mol. The zero-order valence-electron chi connectivity index (χ0n) is 6.90. The van der Waals surface area contributed by atoms with Crippen molar-refractivity contribution < 1.29 is 9.84 Å². The van der Waals surface area contributed by atoms with Gasteiger partial charge in [-0.2, -0.15) is 0 Å². The minimum Gasteiger partial charge on any atom is -0.481 e. The molecule has 1 atom stereocenters. The van der Waals surface area contributed by atoms with Gasteiger partial charge >= 0.3 is 0 Å². The number of hydrogen-bond acceptors (Lipinski definition) is 4. The highest BCUT2D eigenvalue weighted by Crippen LogP contribution is 2.19. The molecule has 0 radical (unpaired) electrons. The van der Waals surface area contributed by atoms with Gasteiger partial charge in [0.15, 0.2) is 0 Å². The van der Waals surface area contributed by atoms with Crippen molar-refractivity contribution in [2.24, 2.45) is 5.73 Å². The maximum atomic E-state index is 8.80. The topological polar surface area (TPSA) is 68.4 Å². The van der Waals surface area contributed by atoms with Gasteiger partial charge in [0.1, 0.15) is 0 Å². The van der Waals surface area contributed by atoms with Crippen molar-refractivity contribution in [3.8, 4) is 5.88 Å². The normalized spacial score (nSPS) is 12.6. The summed E-state index contributed by atoms with van der Waals surface area (Å²) in [5.41, 5.74) is 6.33. The smallest absolute Gasteiger partial charge is 0.217 e. The number of aliphatic hydroxyl groups is 1. The Kier molecular flexibility index (Phi) is 3.01. The fourth-order valence-corrected chi connectivity index (χ4v) is 0.954. The highest BCUT2D eigenvalue weighted by atomic mass is 16.5. The molecule has 0 saturated heterocycles. The van der Waals surface area contributed by atoms with Crippen LogP contribution < -0.4 is 10.5 Å². The molecule has 4 nitrogen and oxygen atoms in total. The quantitative estimate of drug-likeness (QED) is 0.670. The first-order chi connectivity index (χ1) is 5.79. The lowest BCUT2D eigenvalue weighted by Crippen LogP contribution is -2.15. The van der Waals surface area contributed by atoms with E-state index in [0.29, 0.717) is 5.88 Å². The van der Waals surface area contributed by atoms with Gasteiger partial charge in [0.2, 0.25) is 5.88 Å². The summed E-state index contributed by atoms with van der Waals surface area (Å²) in [6.07, 6.45) is 1.62. The molecule has 0 spiro atoms. The van der Waals surface area contributed by atoms with Crippen LogP contribution in [-0.2, 0) is 0 Å². The molecule has 1 aromatic rings. The van der Waals surface area contributed by atoms with Gasteiger partial charge in [-0.3, -0.25) is 0 Å². The fraction of sp³-hybridized carbons (Fsp3) is 0.375. The zero-order valence-corrected chi connectivity index (χ0v) is 6.90. The lowest BCUT2D eigenvalue weighted by Gasteiger charge is -2.11. The van der Waals surface area contributed by atoms with Crippen LogP contribution in [0.1, 0.15) is 11.6 Å². The van der Waals surface area contributed by atoms with Crippen LogP contribution in [0.15, 0.2) is 18.3 Å². The molecule has 3 N–H and O–H groups in total. The Hall–Kier alpha value is -1.13. The predicted octanol–water partition coefficient (Wildman–Crippen LogP) is 0.0823. The van der Waals surface area contributed by atoms with Crippen molar-refractivity contribution in [3.05, 3.63) is 23.9 Å². The van der Waals surface area contributed by atoms with Crippen LogP contribution in [0.25, 0.3) is 0 Å². The number of ether oxygens (including phenoxy) is 1. The standard InChI is InChI=1S/C8H12N2O2/c1-12-8-6(7(9)5-11)3-2-4-10-8/h2-4,7,11H,5,9H2,1H3/t7-/m1/s1. The predicted molar refractivity (Wildman–Crippen MR) is 44.8 cm³/mol. The van der Waals surface area contributed by atoms with E-state index in [1.54, 1.807) is 18.3 Å². The molecule has 1 heterocycles. The number of methoxy groups -OCH3 is 1. The van der Waals surface area contributed by atoms with Gasteiger partial charge in [0, 0.05) is 11.8 Å². The van der Waals surface area contributed by atoms with Crippen molar-refractivity contribution >= 4 is 0 Å². The molecule has 4 heteroatoms. The van der Waals surface area contributed by atoms with Crippen LogP contribution in [-0.4, -0.2) is 23.8 Å². The Labute approximate surface area is 71.0 Å². The molecular formula is C8H12N2O2. The zero-order chi connectivity index (χ0) is 8.97. The second kappa shape index (κ2) is 4.04. The summed E-state index contributed by atoms with van der Waals surface area (Å²) in [6.45, 7) is -0.109. The van der Waals surface area contributed by atoms with Crippen molar-refractivity contribution in [1.29, 1.82) is 0 Å². The Bertz CT molecular complexity index is 253. The van der Waals surface area contributed by atoms with Crippen molar-refractivity contribution in [2.75, 3.05) is 13.7 Å². The summed E-state index contributed by atoms with van der Waals surface area (Å²) in [5.74, 6) is 0.471. The van der Waals surface area contributed by atoms with Crippen LogP contribution in [0.5, 0.6) is 5.88 Å². The summed E-state index contributed by atoms with van der Waals surface area (Å²) in [6, 6.07) is 3.12. The van der Waals surface area contributed by atoms with Gasteiger partial charge in [-0.15, -0.1) is 0 Å². The molecule has 0 aliphatic rings. The maximum absolute atomic E-state index is 8.80. The second-order valence-corrected chi connectivity index (χ2v) is 2.39. The molecule has 0 amide bonds. The fourth-order valence-electron chi connectivity index (χ4n) is 0.954. The van der Waals surface area contributed by atoms with Gasteiger partial charge in [-0.1, -0.05) is 6.07 Å². The van der Waals surface area contributed by atoms with Crippen LogP contribution in [0.2, 0.25) is 0 Å². The van der Waals surface area contributed by atoms with E-state index in [1.165, 1.54) is 7.11 Å². The Balaban J connectivity index is 2.96. The van der Waals surface area contributed by atoms with Gasteiger partial charge < -0.3 is 15.6 Å². The lowest BCUT2D eigenvalue weighted by molar-refractivity contribution is 0.263. The van der Waals surface area contributed by atoms with Crippen molar-refractivity contribution in [1.82, 2.24) is 4.98 Å². The molecule has 0 unspecified atom stereocenters. The summed E-state index contributed by atoms with van der Waals surface area (Å²) >= 11 is 0. The van der Waals surface area contributed by atoms with Gasteiger partial charge in [0.05, 0.1) is 19.8 Å². The minimum atomic E-state index is -0.423. The molecule has 0 aromatic carbocycles. The van der Waals surface area contributed by atoms with E-state index in [2.05, 4.69) is 4.98 Å². The maximum Gasteiger partial charge on any atom is 0.217 e. The Morgan fingerprint density at radius 3 is 3.08 bits per heavy atom. The minimum absolute atomic E-state index is 0.109. The van der Waals surface area contributed by atoms with Crippen LogP contribution in [0.3, 0.4) is 0 Å². The van der Waals surface area contributed by atoms with E-state index in [-0.39, 0.29) is 6.61 Å². The van der Waals surface area contributed by atoms with E-state index in [1.807, 2.05) is 0 Å². The first-order valence-corrected chi connectivity index (χ1v) is 3.65. The SMILES string of the molecule is COc1ncccc1[C@H](N)CO. The summed E-state index contributed by atoms with van der Waals surface area (Å²) < 4.78 is 4.97. The van der Waals surface area contributed by atoms with E-state index in [0.717, 1.165) is 5.56 Å². The molecule has 0 aliphatic heterocycles. The third-order valence-corrected chi connectivity index (χ3v) is 1.59. The Morgan fingerprint density at radius 1 is 1.75 bits per heavy atom. The molecule has 0 bridgehead atoms. The summed E-state index contributed by atoms with van der Waals surface area (Å²) in [5, 5.41) is 8.80. The molecule has 1 aromatic heterocycles. The van der Waals surface area contributed by atoms with Crippen LogP contribution in [0.4, 0.5) is 0 Å². The summed E-state index contributed by atoms with van der Waals surface area (Å²) in [7, 11) is 1.52. The number of nitrogens with two attached hydrogens (primary N) is 1. The molecule has 1 rings (SSSR count). The van der Waals surface area contributed by atoms with Crippen molar-refractivity contribution in [3.63, 3.8) is 0 Å². The highest BCUT2D eigenvalue weighted by molar-refractivity contribution is 5.28. The first kappa shape index (κ1) is 8.96. The van der Waals surface area contributed by atoms with E-state index >= 15 is 0 Å². The molecule has 0 aliphatic carbocycles. The number of pyridine rings is 1. The molecule has 66 valence electrons. The monoisotopic (exact) mass is 168 g/mol. The third-order valence-electron chi connectivity index (χ3n) is 1.59. The molecule has 0 fully saturated rings. The largest absolute Gasteiger partial charge is 0.481 e. The number of hydrogen-bond donors (Lipinski definition) is 2. The second-order valence-electron chi connectivity index (χ2n) is 2.39. The third kappa shape index (κ3) is 1.72. The summed E-state index contributed by atoms with van der Waals surface area (Å²) in [4.78, 5) is 3.95. The van der Waals surface area contributed by atoms with E-state index in [4.69, 9.17) is 15.6 Å². The number of nitrogens with zero attached hydrogens (tertiary/aromatic N) is 1. The Morgan fingerprint density at radius 2 is 2.50 bits per heavy atom. The molecule has 12 heavy (non-hydrogen) atoms. The van der Waals surface area contributed by atoms with Gasteiger partial charge in [-0.05, 0) is 6.07 Å². The molecule has 0 saturated carbocycles. The number of rotatable bonds is 3.